The van der Waals surface area contributed by atoms with Gasteiger partial charge in [-0.1, -0.05) is 21.6 Å². The second-order valence-electron chi connectivity index (χ2n) is 4.97. The molecule has 0 fully saturated rings. The monoisotopic (exact) mass is 361 g/mol. The van der Waals surface area contributed by atoms with E-state index in [1.54, 1.807) is 42.9 Å². The van der Waals surface area contributed by atoms with Gasteiger partial charge in [0.2, 0.25) is 0 Å². The molecule has 0 N–H and O–H groups in total. The Morgan fingerprint density at radius 2 is 1.82 bits per heavy atom. The van der Waals surface area contributed by atoms with Crippen LogP contribution in [0.1, 0.15) is 16.6 Å². The lowest BCUT2D eigenvalue weighted by Crippen LogP contribution is -2.20. The Morgan fingerprint density at radius 3 is 2.32 bits per heavy atom. The smallest absolute Gasteiger partial charge is 0.185 e. The maximum Gasteiger partial charge on any atom is 0.185 e. The summed E-state index contributed by atoms with van der Waals surface area (Å²) in [4.78, 5) is 3.22. The van der Waals surface area contributed by atoms with Crippen LogP contribution in [-0.2, 0) is 11.2 Å². The highest BCUT2D eigenvalue weighted by Crippen LogP contribution is 2.56. The Balaban J connectivity index is 2.82. The maximum atomic E-state index is 5.74. The van der Waals surface area contributed by atoms with E-state index < -0.39 is 0 Å². The average Bonchev–Trinajstić information content (AvgIpc) is 2.53. The fraction of sp³-hybridized carbons (Fsp3) is 0.600. The molecule has 0 spiro atoms. The van der Waals surface area contributed by atoms with E-state index in [-0.39, 0.29) is 5.44 Å². The highest BCUT2D eigenvalue weighted by atomic mass is 33.1. The number of hydrogen-bond acceptors (Lipinski definition) is 7. The molecule has 0 aliphatic carbocycles. The minimum atomic E-state index is 0.0388. The van der Waals surface area contributed by atoms with E-state index in [0.29, 0.717) is 0 Å². The normalized spacial score (nSPS) is 17.1. The van der Waals surface area contributed by atoms with Crippen LogP contribution < -0.4 is 14.4 Å². The molecule has 2 rings (SSSR count). The summed E-state index contributed by atoms with van der Waals surface area (Å²) in [5.41, 5.74) is 3.68. The Hall–Kier alpha value is -0.370. The molecule has 0 amide bonds. The third-order valence-electron chi connectivity index (χ3n) is 3.58. The summed E-state index contributed by atoms with van der Waals surface area (Å²) >= 11 is 1.84. The number of fused-ring (bicyclic) bond motifs is 1. The van der Waals surface area contributed by atoms with Crippen LogP contribution in [0.4, 0.5) is 5.69 Å². The molecule has 0 unspecified atom stereocenters. The molecule has 1 aliphatic rings. The molecule has 0 saturated carbocycles. The molecule has 1 atom stereocenters. The van der Waals surface area contributed by atoms with Crippen LogP contribution in [-0.4, -0.2) is 47.4 Å². The molecule has 124 valence electrons. The highest BCUT2D eigenvalue weighted by Gasteiger charge is 2.33. The average molecular weight is 362 g/mol. The van der Waals surface area contributed by atoms with Gasteiger partial charge in [-0.05, 0) is 18.2 Å². The third-order valence-corrected chi connectivity index (χ3v) is 6.49. The Bertz CT molecular complexity index is 537. The second-order valence-corrected chi connectivity index (χ2v) is 8.55. The number of methoxy groups -OCH3 is 3. The largest absolute Gasteiger partial charge is 0.492 e. The third kappa shape index (κ3) is 3.13. The summed E-state index contributed by atoms with van der Waals surface area (Å²) in [6, 6.07) is 0. The van der Waals surface area contributed by atoms with E-state index in [9.17, 15) is 0 Å². The molecule has 0 aromatic heterocycles. The SMILES string of the molecule is COc1c(OC)c(N(C)C)c2c(c1SSC)[C@H](OC)SCC2. The van der Waals surface area contributed by atoms with E-state index in [1.165, 1.54) is 11.1 Å². The zero-order valence-electron chi connectivity index (χ0n) is 13.9. The Kier molecular flexibility index (Phi) is 6.49. The van der Waals surface area contributed by atoms with Crippen molar-refractivity contribution in [3.8, 4) is 11.5 Å². The first-order valence-electron chi connectivity index (χ1n) is 6.93. The molecule has 0 saturated heterocycles. The van der Waals surface area contributed by atoms with Gasteiger partial charge < -0.3 is 19.1 Å². The van der Waals surface area contributed by atoms with Crippen molar-refractivity contribution >= 4 is 39.0 Å². The van der Waals surface area contributed by atoms with Crippen molar-refractivity contribution in [1.82, 2.24) is 0 Å². The number of ether oxygens (including phenoxy) is 3. The molecule has 22 heavy (non-hydrogen) atoms. The van der Waals surface area contributed by atoms with Crippen molar-refractivity contribution in [2.45, 2.75) is 16.8 Å². The molecule has 1 aromatic carbocycles. The van der Waals surface area contributed by atoms with Crippen LogP contribution in [0.25, 0.3) is 0 Å². The van der Waals surface area contributed by atoms with Gasteiger partial charge in [-0.2, -0.15) is 0 Å². The fourth-order valence-electron chi connectivity index (χ4n) is 2.79. The van der Waals surface area contributed by atoms with Crippen LogP contribution in [0.3, 0.4) is 0 Å². The highest BCUT2D eigenvalue weighted by molar-refractivity contribution is 8.76. The van der Waals surface area contributed by atoms with Crippen molar-refractivity contribution in [1.29, 1.82) is 0 Å². The van der Waals surface area contributed by atoms with E-state index >= 15 is 0 Å². The van der Waals surface area contributed by atoms with Crippen molar-refractivity contribution in [3.63, 3.8) is 0 Å². The minimum Gasteiger partial charge on any atom is -0.492 e. The molecule has 0 radical (unpaired) electrons. The van der Waals surface area contributed by atoms with Crippen molar-refractivity contribution in [2.24, 2.45) is 0 Å². The molecular weight excluding hydrogens is 338 g/mol. The molecule has 1 aromatic rings. The van der Waals surface area contributed by atoms with Gasteiger partial charge in [0.25, 0.3) is 0 Å². The van der Waals surface area contributed by atoms with E-state index in [1.807, 2.05) is 25.9 Å². The van der Waals surface area contributed by atoms with E-state index in [4.69, 9.17) is 14.2 Å². The first kappa shape index (κ1) is 18.0. The lowest BCUT2D eigenvalue weighted by Gasteiger charge is -2.32. The van der Waals surface area contributed by atoms with Crippen LogP contribution in [0.15, 0.2) is 4.90 Å². The summed E-state index contributed by atoms with van der Waals surface area (Å²) < 4.78 is 17.2. The maximum absolute atomic E-state index is 5.74. The fourth-order valence-corrected chi connectivity index (χ4v) is 5.70. The minimum absolute atomic E-state index is 0.0388. The Morgan fingerprint density at radius 1 is 1.14 bits per heavy atom. The first-order chi connectivity index (χ1) is 10.6. The number of anilines is 1. The lowest BCUT2D eigenvalue weighted by atomic mass is 10.00. The van der Waals surface area contributed by atoms with Gasteiger partial charge in [0.15, 0.2) is 11.5 Å². The van der Waals surface area contributed by atoms with Gasteiger partial charge in [-0.25, -0.2) is 0 Å². The van der Waals surface area contributed by atoms with E-state index in [0.717, 1.165) is 34.3 Å². The Labute approximate surface area is 145 Å². The number of benzene rings is 1. The summed E-state index contributed by atoms with van der Waals surface area (Å²) in [5, 5.41) is 0. The van der Waals surface area contributed by atoms with Crippen LogP contribution in [0, 0.1) is 0 Å². The van der Waals surface area contributed by atoms with Gasteiger partial charge in [0, 0.05) is 32.5 Å². The van der Waals surface area contributed by atoms with Gasteiger partial charge in [0.05, 0.1) is 24.8 Å². The van der Waals surface area contributed by atoms with E-state index in [2.05, 4.69) is 11.2 Å². The zero-order chi connectivity index (χ0) is 16.3. The summed E-state index contributed by atoms with van der Waals surface area (Å²) in [7, 11) is 12.7. The van der Waals surface area contributed by atoms with Crippen LogP contribution >= 0.6 is 33.3 Å². The van der Waals surface area contributed by atoms with Crippen LogP contribution in [0.2, 0.25) is 0 Å². The predicted molar refractivity (Wildman–Crippen MR) is 99.2 cm³/mol. The zero-order valence-corrected chi connectivity index (χ0v) is 16.3. The predicted octanol–water partition coefficient (Wildman–Crippen LogP) is 4.07. The van der Waals surface area contributed by atoms with Gasteiger partial charge in [-0.15, -0.1) is 11.8 Å². The second kappa shape index (κ2) is 7.95. The molecule has 4 nitrogen and oxygen atoms in total. The standard InChI is InChI=1S/C15H23NO3S3/c1-16(2)11-9-7-8-21-15(19-5)10(9)14(22-20-6)13(18-4)12(11)17-3/h15H,7-8H2,1-6H3/t15-/m1/s1. The number of nitrogens with zero attached hydrogens (tertiary/aromatic N) is 1. The topological polar surface area (TPSA) is 30.9 Å². The summed E-state index contributed by atoms with van der Waals surface area (Å²) in [5.74, 6) is 2.66. The van der Waals surface area contributed by atoms with Gasteiger partial charge >= 0.3 is 0 Å². The molecular formula is C15H23NO3S3. The van der Waals surface area contributed by atoms with Crippen molar-refractivity contribution in [2.75, 3.05) is 52.3 Å². The summed E-state index contributed by atoms with van der Waals surface area (Å²) in [6.45, 7) is 0. The molecule has 0 bridgehead atoms. The quantitative estimate of drug-likeness (QED) is 0.706. The van der Waals surface area contributed by atoms with Crippen molar-refractivity contribution in [3.05, 3.63) is 11.1 Å². The molecule has 1 aliphatic heterocycles. The summed E-state index contributed by atoms with van der Waals surface area (Å²) in [6.07, 6.45) is 3.08. The number of rotatable bonds is 6. The van der Waals surface area contributed by atoms with Gasteiger partial charge in [0.1, 0.15) is 5.44 Å². The first-order valence-corrected chi connectivity index (χ1v) is 10.5. The molecule has 1 heterocycles. The molecule has 7 heteroatoms. The van der Waals surface area contributed by atoms with Crippen LogP contribution in [0.5, 0.6) is 11.5 Å². The van der Waals surface area contributed by atoms with Crippen molar-refractivity contribution < 1.29 is 14.2 Å². The number of hydrogen-bond donors (Lipinski definition) is 0. The van der Waals surface area contributed by atoms with Gasteiger partial charge in [-0.3, -0.25) is 0 Å². The lowest BCUT2D eigenvalue weighted by molar-refractivity contribution is 0.171. The number of thioether (sulfide) groups is 1.